The normalized spacial score (nSPS) is 14.2. The van der Waals surface area contributed by atoms with Crippen LogP contribution in [0.25, 0.3) is 0 Å². The lowest BCUT2D eigenvalue weighted by Crippen LogP contribution is -2.34. The van der Waals surface area contributed by atoms with Gasteiger partial charge < -0.3 is 5.11 Å². The van der Waals surface area contributed by atoms with Gasteiger partial charge in [-0.1, -0.05) is 30.3 Å². The van der Waals surface area contributed by atoms with E-state index in [1.807, 2.05) is 0 Å². The van der Waals surface area contributed by atoms with Gasteiger partial charge in [0, 0.05) is 6.26 Å². The number of benzene rings is 1. The van der Waals surface area contributed by atoms with Crippen molar-refractivity contribution in [1.29, 1.82) is 0 Å². The summed E-state index contributed by atoms with van der Waals surface area (Å²) >= 11 is 0. The lowest BCUT2D eigenvalue weighted by Gasteiger charge is -2.16. The SMILES string of the molecule is CS(=O)(=O)CCS(=O)(=O)NC(CO)c1ccccc1. The Kier molecular flexibility index (Phi) is 5.48. The molecule has 0 saturated heterocycles. The second-order valence-corrected chi connectivity index (χ2v) is 8.35. The van der Waals surface area contributed by atoms with E-state index in [9.17, 15) is 21.9 Å². The summed E-state index contributed by atoms with van der Waals surface area (Å²) in [5.41, 5.74) is 0.618. The van der Waals surface area contributed by atoms with E-state index >= 15 is 0 Å². The van der Waals surface area contributed by atoms with E-state index in [4.69, 9.17) is 0 Å². The van der Waals surface area contributed by atoms with Crippen LogP contribution in [0.2, 0.25) is 0 Å². The summed E-state index contributed by atoms with van der Waals surface area (Å²) in [4.78, 5) is 0. The number of hydrogen-bond donors (Lipinski definition) is 2. The first-order chi connectivity index (χ1) is 8.73. The molecule has 0 aliphatic heterocycles. The molecule has 0 amide bonds. The molecule has 0 saturated carbocycles. The fraction of sp³-hybridized carbons (Fsp3) is 0.455. The van der Waals surface area contributed by atoms with Crippen LogP contribution < -0.4 is 4.72 Å². The van der Waals surface area contributed by atoms with Crippen molar-refractivity contribution >= 4 is 19.9 Å². The molecule has 6 nitrogen and oxygen atoms in total. The zero-order valence-electron chi connectivity index (χ0n) is 10.5. The molecule has 0 aliphatic rings. The quantitative estimate of drug-likeness (QED) is 0.719. The van der Waals surface area contributed by atoms with Crippen molar-refractivity contribution in [2.45, 2.75) is 6.04 Å². The minimum absolute atomic E-state index is 0.401. The first-order valence-electron chi connectivity index (χ1n) is 5.57. The smallest absolute Gasteiger partial charge is 0.213 e. The molecule has 19 heavy (non-hydrogen) atoms. The van der Waals surface area contributed by atoms with Gasteiger partial charge in [0.25, 0.3) is 0 Å². The van der Waals surface area contributed by atoms with Gasteiger partial charge >= 0.3 is 0 Å². The Bertz CT molecular complexity index is 595. The zero-order chi connectivity index (χ0) is 14.5. The highest BCUT2D eigenvalue weighted by Gasteiger charge is 2.20. The van der Waals surface area contributed by atoms with Crippen molar-refractivity contribution in [2.24, 2.45) is 0 Å². The van der Waals surface area contributed by atoms with Crippen LogP contribution in [0.3, 0.4) is 0 Å². The van der Waals surface area contributed by atoms with Gasteiger partial charge in [-0.25, -0.2) is 21.6 Å². The maximum atomic E-state index is 11.7. The van der Waals surface area contributed by atoms with E-state index < -0.39 is 44.0 Å². The van der Waals surface area contributed by atoms with Gasteiger partial charge in [0.05, 0.1) is 24.2 Å². The van der Waals surface area contributed by atoms with Crippen molar-refractivity contribution in [3.8, 4) is 0 Å². The number of aliphatic hydroxyl groups is 1. The Balaban J connectivity index is 2.76. The first kappa shape index (κ1) is 16.1. The molecule has 2 N–H and O–H groups in total. The third-order valence-electron chi connectivity index (χ3n) is 2.43. The van der Waals surface area contributed by atoms with Crippen LogP contribution in [-0.2, 0) is 19.9 Å². The van der Waals surface area contributed by atoms with Crippen molar-refractivity contribution in [3.05, 3.63) is 35.9 Å². The molecule has 0 heterocycles. The number of hydrogen-bond acceptors (Lipinski definition) is 5. The molecule has 0 spiro atoms. The summed E-state index contributed by atoms with van der Waals surface area (Å²) in [6.45, 7) is -0.401. The molecule has 8 heteroatoms. The molecule has 1 aromatic rings. The Morgan fingerprint density at radius 1 is 1.11 bits per heavy atom. The van der Waals surface area contributed by atoms with Gasteiger partial charge in [-0.15, -0.1) is 0 Å². The monoisotopic (exact) mass is 307 g/mol. The standard InChI is InChI=1S/C11H17NO5S2/c1-18(14,15)7-8-19(16,17)12-11(9-13)10-5-3-2-4-6-10/h2-6,11-13H,7-9H2,1H3. The molecule has 1 rings (SSSR count). The largest absolute Gasteiger partial charge is 0.394 e. The highest BCUT2D eigenvalue weighted by Crippen LogP contribution is 2.12. The lowest BCUT2D eigenvalue weighted by molar-refractivity contribution is 0.259. The maximum absolute atomic E-state index is 11.7. The molecular weight excluding hydrogens is 290 g/mol. The molecule has 1 atom stereocenters. The zero-order valence-corrected chi connectivity index (χ0v) is 12.1. The summed E-state index contributed by atoms with van der Waals surface area (Å²) in [6.07, 6.45) is 0.975. The second-order valence-electron chi connectivity index (χ2n) is 4.21. The van der Waals surface area contributed by atoms with Gasteiger partial charge in [-0.05, 0) is 5.56 Å². The van der Waals surface area contributed by atoms with Crippen LogP contribution >= 0.6 is 0 Å². The van der Waals surface area contributed by atoms with E-state index in [-0.39, 0.29) is 0 Å². The highest BCUT2D eigenvalue weighted by atomic mass is 32.2. The van der Waals surface area contributed by atoms with Crippen molar-refractivity contribution in [2.75, 3.05) is 24.4 Å². The number of sulfone groups is 1. The predicted octanol–water partition coefficient (Wildman–Crippen LogP) is -0.316. The summed E-state index contributed by atoms with van der Waals surface area (Å²) in [7, 11) is -7.11. The summed E-state index contributed by atoms with van der Waals surface area (Å²) in [5.74, 6) is -0.968. The highest BCUT2D eigenvalue weighted by molar-refractivity contribution is 7.93. The summed E-state index contributed by atoms with van der Waals surface area (Å²) in [5, 5.41) is 9.23. The Hall–Kier alpha value is -0.960. The first-order valence-corrected chi connectivity index (χ1v) is 9.28. The summed E-state index contributed by atoms with van der Waals surface area (Å²) < 4.78 is 47.7. The number of aliphatic hydroxyl groups excluding tert-OH is 1. The second kappa shape index (κ2) is 6.47. The molecule has 0 bridgehead atoms. The van der Waals surface area contributed by atoms with E-state index in [1.54, 1.807) is 30.3 Å². The Morgan fingerprint density at radius 3 is 2.16 bits per heavy atom. The van der Waals surface area contributed by atoms with Gasteiger partial charge in [0.2, 0.25) is 10.0 Å². The average Bonchev–Trinajstić information content (AvgIpc) is 2.34. The minimum atomic E-state index is -3.76. The van der Waals surface area contributed by atoms with Crippen LogP contribution in [0, 0.1) is 0 Å². The molecular formula is C11H17NO5S2. The minimum Gasteiger partial charge on any atom is -0.394 e. The molecule has 0 aliphatic carbocycles. The van der Waals surface area contributed by atoms with Gasteiger partial charge in [-0.2, -0.15) is 0 Å². The van der Waals surface area contributed by atoms with Gasteiger partial charge in [0.1, 0.15) is 9.84 Å². The van der Waals surface area contributed by atoms with E-state index in [0.717, 1.165) is 6.26 Å². The number of sulfonamides is 1. The van der Waals surface area contributed by atoms with E-state index in [1.165, 1.54) is 0 Å². The molecule has 0 aromatic heterocycles. The van der Waals surface area contributed by atoms with Gasteiger partial charge in [0.15, 0.2) is 0 Å². The third-order valence-corrected chi connectivity index (χ3v) is 5.02. The predicted molar refractivity (Wildman–Crippen MR) is 72.9 cm³/mol. The van der Waals surface area contributed by atoms with E-state index in [2.05, 4.69) is 4.72 Å². The van der Waals surface area contributed by atoms with Crippen LogP contribution in [-0.4, -0.2) is 46.3 Å². The van der Waals surface area contributed by atoms with Crippen LogP contribution in [0.5, 0.6) is 0 Å². The molecule has 0 fully saturated rings. The van der Waals surface area contributed by atoms with Crippen molar-refractivity contribution in [3.63, 3.8) is 0 Å². The number of nitrogens with one attached hydrogen (secondary N) is 1. The van der Waals surface area contributed by atoms with Crippen molar-refractivity contribution < 1.29 is 21.9 Å². The summed E-state index contributed by atoms with van der Waals surface area (Å²) in [6, 6.07) is 7.81. The van der Waals surface area contributed by atoms with Gasteiger partial charge in [-0.3, -0.25) is 0 Å². The third kappa shape index (κ3) is 6.15. The molecule has 108 valence electrons. The number of rotatable bonds is 7. The fourth-order valence-corrected chi connectivity index (χ4v) is 4.28. The van der Waals surface area contributed by atoms with Crippen molar-refractivity contribution in [1.82, 2.24) is 4.72 Å². The average molecular weight is 307 g/mol. The fourth-order valence-electron chi connectivity index (χ4n) is 1.43. The van der Waals surface area contributed by atoms with Crippen LogP contribution in [0.4, 0.5) is 0 Å². The molecule has 1 aromatic carbocycles. The molecule has 0 radical (unpaired) electrons. The van der Waals surface area contributed by atoms with Crippen LogP contribution in [0.1, 0.15) is 11.6 Å². The van der Waals surface area contributed by atoms with Crippen LogP contribution in [0.15, 0.2) is 30.3 Å². The molecule has 1 unspecified atom stereocenters. The Morgan fingerprint density at radius 2 is 1.68 bits per heavy atom. The lowest BCUT2D eigenvalue weighted by atomic mass is 10.1. The maximum Gasteiger partial charge on any atom is 0.213 e. The van der Waals surface area contributed by atoms with E-state index in [0.29, 0.717) is 5.56 Å². The topological polar surface area (TPSA) is 101 Å². The Labute approximate surface area is 113 Å².